The van der Waals surface area contributed by atoms with Crippen LogP contribution in [0.1, 0.15) is 37.8 Å². The summed E-state index contributed by atoms with van der Waals surface area (Å²) >= 11 is 0. The van der Waals surface area contributed by atoms with E-state index in [0.29, 0.717) is 0 Å². The molecule has 1 aliphatic carbocycles. The maximum Gasteiger partial charge on any atom is 0.224 e. The van der Waals surface area contributed by atoms with Gasteiger partial charge in [-0.15, -0.1) is 0 Å². The highest BCUT2D eigenvalue weighted by Gasteiger charge is 2.19. The fourth-order valence-electron chi connectivity index (χ4n) is 4.09. The summed E-state index contributed by atoms with van der Waals surface area (Å²) in [5.74, 6) is 1.80. The van der Waals surface area contributed by atoms with Crippen LogP contribution in [0, 0.1) is 6.92 Å². The average molecular weight is 378 g/mol. The molecule has 0 spiro atoms. The van der Waals surface area contributed by atoms with E-state index in [-0.39, 0.29) is 0 Å². The van der Waals surface area contributed by atoms with E-state index in [0.717, 1.165) is 56.6 Å². The Labute approximate surface area is 168 Å². The number of hydrogen-bond acceptors (Lipinski definition) is 5. The van der Waals surface area contributed by atoms with Crippen LogP contribution in [-0.4, -0.2) is 42.7 Å². The lowest BCUT2D eigenvalue weighted by Crippen LogP contribution is -2.46. The lowest BCUT2D eigenvalue weighted by molar-refractivity contribution is 0.646. The molecule has 1 aromatic heterocycles. The highest BCUT2D eigenvalue weighted by Crippen LogP contribution is 2.22. The smallest absolute Gasteiger partial charge is 0.224 e. The van der Waals surface area contributed by atoms with Crippen LogP contribution in [-0.2, 0) is 0 Å². The summed E-state index contributed by atoms with van der Waals surface area (Å²) in [7, 11) is 0. The molecule has 1 N–H and O–H groups in total. The van der Waals surface area contributed by atoms with Crippen LogP contribution >= 0.6 is 0 Å². The van der Waals surface area contributed by atoms with Gasteiger partial charge in [-0.1, -0.05) is 29.8 Å². The van der Waals surface area contributed by atoms with Crippen molar-refractivity contribution in [2.45, 2.75) is 39.0 Å². The Morgan fingerprint density at radius 3 is 2.50 bits per heavy atom. The van der Waals surface area contributed by atoms with E-state index in [9.17, 15) is 0 Å². The first kappa shape index (κ1) is 18.8. The fourth-order valence-corrected chi connectivity index (χ4v) is 4.09. The van der Waals surface area contributed by atoms with Crippen molar-refractivity contribution in [1.82, 2.24) is 9.97 Å². The molecule has 5 heteroatoms. The molecule has 1 fully saturated rings. The maximum absolute atomic E-state index is 4.80. The Bertz CT molecular complexity index is 794. The average Bonchev–Trinajstić information content (AvgIpc) is 2.75. The number of para-hydroxylation sites is 1. The minimum absolute atomic E-state index is 0.761. The first-order chi connectivity index (χ1) is 13.8. The Morgan fingerprint density at radius 2 is 1.75 bits per heavy atom. The largest absolute Gasteiger partial charge is 0.368 e. The minimum atomic E-state index is 0.761. The van der Waals surface area contributed by atoms with Gasteiger partial charge in [0.25, 0.3) is 0 Å². The Hall–Kier alpha value is -2.56. The second kappa shape index (κ2) is 9.09. The van der Waals surface area contributed by atoms with Crippen molar-refractivity contribution >= 4 is 17.5 Å². The molecule has 0 atom stereocenters. The third-order valence-corrected chi connectivity index (χ3v) is 5.68. The molecular weight excluding hydrogens is 346 g/mol. The zero-order valence-corrected chi connectivity index (χ0v) is 16.9. The van der Waals surface area contributed by atoms with Crippen molar-refractivity contribution in [3.05, 3.63) is 53.7 Å². The lowest BCUT2D eigenvalue weighted by atomic mass is 9.97. The summed E-state index contributed by atoms with van der Waals surface area (Å²) in [5.41, 5.74) is 3.92. The standard InChI is InChI=1S/C23H31N5/c1-19-18-22(26-23(25-19)24-13-12-20-8-4-2-5-9-20)28-16-14-27(15-17-28)21-10-6-3-7-11-21/h3,6-8,10-11,18H,2,4-5,9,12-17H2,1H3,(H,24,25,26). The van der Waals surface area contributed by atoms with Crippen LogP contribution in [0.15, 0.2) is 48.0 Å². The van der Waals surface area contributed by atoms with Gasteiger partial charge < -0.3 is 15.1 Å². The number of benzene rings is 1. The monoisotopic (exact) mass is 377 g/mol. The predicted molar refractivity (Wildman–Crippen MR) is 117 cm³/mol. The number of hydrogen-bond donors (Lipinski definition) is 1. The summed E-state index contributed by atoms with van der Waals surface area (Å²) in [6, 6.07) is 12.8. The summed E-state index contributed by atoms with van der Waals surface area (Å²) in [6.45, 7) is 6.97. The molecule has 0 saturated carbocycles. The van der Waals surface area contributed by atoms with E-state index in [2.05, 4.69) is 69.5 Å². The van der Waals surface area contributed by atoms with Crippen LogP contribution < -0.4 is 15.1 Å². The SMILES string of the molecule is Cc1cc(N2CCN(c3ccccc3)CC2)nc(NCCC2=CCCCC2)n1. The normalized spacial score (nSPS) is 17.4. The van der Waals surface area contributed by atoms with E-state index in [1.807, 2.05) is 0 Å². The van der Waals surface area contributed by atoms with Crippen LogP contribution in [0.2, 0.25) is 0 Å². The number of anilines is 3. The number of nitrogens with one attached hydrogen (secondary N) is 1. The van der Waals surface area contributed by atoms with E-state index < -0.39 is 0 Å². The predicted octanol–water partition coefficient (Wildman–Crippen LogP) is 4.41. The van der Waals surface area contributed by atoms with Crippen molar-refractivity contribution in [1.29, 1.82) is 0 Å². The highest BCUT2D eigenvalue weighted by molar-refractivity contribution is 5.50. The third-order valence-electron chi connectivity index (χ3n) is 5.68. The van der Waals surface area contributed by atoms with Gasteiger partial charge in [-0.3, -0.25) is 0 Å². The van der Waals surface area contributed by atoms with Gasteiger partial charge in [0.05, 0.1) is 0 Å². The molecule has 1 aliphatic heterocycles. The summed E-state index contributed by atoms with van der Waals surface area (Å²) in [5, 5.41) is 3.45. The van der Waals surface area contributed by atoms with Crippen LogP contribution in [0.4, 0.5) is 17.5 Å². The molecular formula is C23H31N5. The first-order valence-electron chi connectivity index (χ1n) is 10.6. The van der Waals surface area contributed by atoms with Gasteiger partial charge in [0.15, 0.2) is 0 Å². The van der Waals surface area contributed by atoms with E-state index in [1.54, 1.807) is 5.57 Å². The van der Waals surface area contributed by atoms with Crippen LogP contribution in [0.5, 0.6) is 0 Å². The van der Waals surface area contributed by atoms with Crippen molar-refractivity contribution in [3.8, 4) is 0 Å². The first-order valence-corrected chi connectivity index (χ1v) is 10.6. The summed E-state index contributed by atoms with van der Waals surface area (Å²) in [4.78, 5) is 14.2. The number of aryl methyl sites for hydroxylation is 1. The molecule has 1 aromatic carbocycles. The molecule has 0 bridgehead atoms. The zero-order valence-electron chi connectivity index (χ0n) is 16.9. The topological polar surface area (TPSA) is 44.3 Å². The van der Waals surface area contributed by atoms with Gasteiger partial charge in [-0.2, -0.15) is 4.98 Å². The number of aromatic nitrogens is 2. The quantitative estimate of drug-likeness (QED) is 0.755. The molecule has 28 heavy (non-hydrogen) atoms. The molecule has 1 saturated heterocycles. The number of rotatable bonds is 6. The molecule has 2 heterocycles. The van der Waals surface area contributed by atoms with Gasteiger partial charge in [0.1, 0.15) is 5.82 Å². The van der Waals surface area contributed by atoms with Crippen LogP contribution in [0.25, 0.3) is 0 Å². The van der Waals surface area contributed by atoms with Crippen molar-refractivity contribution < 1.29 is 0 Å². The third kappa shape index (κ3) is 4.83. The van der Waals surface area contributed by atoms with Crippen molar-refractivity contribution in [2.75, 3.05) is 47.8 Å². The molecule has 5 nitrogen and oxygen atoms in total. The van der Waals surface area contributed by atoms with Gasteiger partial charge >= 0.3 is 0 Å². The number of nitrogens with zero attached hydrogens (tertiary/aromatic N) is 4. The molecule has 0 amide bonds. The van der Waals surface area contributed by atoms with Gasteiger partial charge in [-0.05, 0) is 51.2 Å². The van der Waals surface area contributed by atoms with Crippen molar-refractivity contribution in [3.63, 3.8) is 0 Å². The Kier molecular flexibility index (Phi) is 6.10. The summed E-state index contributed by atoms with van der Waals surface area (Å²) < 4.78 is 0. The van der Waals surface area contributed by atoms with Gasteiger partial charge in [0, 0.05) is 50.2 Å². The molecule has 0 unspecified atom stereocenters. The Balaban J connectivity index is 1.34. The molecule has 0 radical (unpaired) electrons. The lowest BCUT2D eigenvalue weighted by Gasteiger charge is -2.36. The van der Waals surface area contributed by atoms with Crippen molar-refractivity contribution in [2.24, 2.45) is 0 Å². The molecule has 2 aliphatic rings. The zero-order chi connectivity index (χ0) is 19.2. The second-order valence-electron chi connectivity index (χ2n) is 7.79. The molecule has 148 valence electrons. The van der Waals surface area contributed by atoms with Crippen LogP contribution in [0.3, 0.4) is 0 Å². The van der Waals surface area contributed by atoms with E-state index in [1.165, 1.54) is 31.4 Å². The number of piperazine rings is 1. The highest BCUT2D eigenvalue weighted by atomic mass is 15.3. The molecule has 4 rings (SSSR count). The minimum Gasteiger partial charge on any atom is -0.368 e. The summed E-state index contributed by atoms with van der Waals surface area (Å²) in [6.07, 6.45) is 8.70. The number of allylic oxidation sites excluding steroid dienone is 1. The second-order valence-corrected chi connectivity index (χ2v) is 7.79. The maximum atomic E-state index is 4.80. The van der Waals surface area contributed by atoms with E-state index in [4.69, 9.17) is 4.98 Å². The van der Waals surface area contributed by atoms with E-state index >= 15 is 0 Å². The van der Waals surface area contributed by atoms with Gasteiger partial charge in [-0.25, -0.2) is 4.98 Å². The fraction of sp³-hybridized carbons (Fsp3) is 0.478. The Morgan fingerprint density at radius 1 is 0.964 bits per heavy atom. The molecule has 2 aromatic rings. The van der Waals surface area contributed by atoms with Gasteiger partial charge in [0.2, 0.25) is 5.95 Å².